The number of benzene rings is 1. The van der Waals surface area contributed by atoms with Crippen LogP contribution in [-0.4, -0.2) is 16.1 Å². The van der Waals surface area contributed by atoms with Gasteiger partial charge in [0.1, 0.15) is 0 Å². The van der Waals surface area contributed by atoms with Crippen molar-refractivity contribution in [1.82, 2.24) is 10.2 Å². The topological polar surface area (TPSA) is 54.9 Å². The van der Waals surface area contributed by atoms with Gasteiger partial charge < -0.3 is 0 Å². The van der Waals surface area contributed by atoms with Crippen molar-refractivity contribution in [3.05, 3.63) is 57.2 Å². The fraction of sp³-hybridized carbons (Fsp3) is 0.0714. The van der Waals surface area contributed by atoms with E-state index in [0.29, 0.717) is 15.8 Å². The molecule has 0 bridgehead atoms. The number of nitrogens with one attached hydrogen (secondary N) is 1. The van der Waals surface area contributed by atoms with Crippen LogP contribution in [0.5, 0.6) is 0 Å². The molecule has 0 atom stereocenters. The van der Waals surface area contributed by atoms with Gasteiger partial charge in [-0.2, -0.15) is 0 Å². The van der Waals surface area contributed by atoms with Gasteiger partial charge in [-0.15, -0.1) is 21.5 Å². The third-order valence-electron chi connectivity index (χ3n) is 2.68. The van der Waals surface area contributed by atoms with Gasteiger partial charge in [0.2, 0.25) is 5.13 Å². The maximum absolute atomic E-state index is 11.9. The number of nitrogens with zero attached hydrogens (tertiary/aromatic N) is 2. The quantitative estimate of drug-likeness (QED) is 0.520. The summed E-state index contributed by atoms with van der Waals surface area (Å²) in [5.41, 5.74) is 1.05. The summed E-state index contributed by atoms with van der Waals surface area (Å²) >= 11 is 10.4. The predicted octanol–water partition coefficient (Wildman–Crippen LogP) is 4.80. The second kappa shape index (κ2) is 7.23. The van der Waals surface area contributed by atoms with Gasteiger partial charge in [-0.25, -0.2) is 0 Å². The summed E-state index contributed by atoms with van der Waals surface area (Å²) in [6, 6.07) is 11.3. The number of thiophene rings is 1. The van der Waals surface area contributed by atoms with E-state index >= 15 is 0 Å². The molecule has 0 saturated heterocycles. The lowest BCUT2D eigenvalue weighted by molar-refractivity contribution is 0.103. The summed E-state index contributed by atoms with van der Waals surface area (Å²) in [7, 11) is 0. The SMILES string of the molecule is O=C(Nc1nnc(SCc2ccccc2Cl)s1)c1cccs1. The highest BCUT2D eigenvalue weighted by atomic mass is 35.5. The number of halogens is 1. The fourth-order valence-corrected chi connectivity index (χ4v) is 4.29. The molecule has 0 fully saturated rings. The Labute approximate surface area is 144 Å². The minimum Gasteiger partial charge on any atom is -0.296 e. The maximum atomic E-state index is 11.9. The van der Waals surface area contributed by atoms with Crippen LogP contribution in [-0.2, 0) is 5.75 Å². The standard InChI is InChI=1S/C14H10ClN3OS3/c15-10-5-2-1-4-9(10)8-21-14-18-17-13(22-14)16-12(19)11-6-3-7-20-11/h1-7H,8H2,(H,16,17,19). The number of rotatable bonds is 5. The number of aromatic nitrogens is 2. The Morgan fingerprint density at radius 2 is 2.09 bits per heavy atom. The molecule has 0 saturated carbocycles. The maximum Gasteiger partial charge on any atom is 0.267 e. The highest BCUT2D eigenvalue weighted by Gasteiger charge is 2.11. The van der Waals surface area contributed by atoms with Crippen molar-refractivity contribution >= 4 is 57.1 Å². The first-order chi connectivity index (χ1) is 10.7. The molecule has 3 aromatic rings. The first-order valence-electron chi connectivity index (χ1n) is 6.27. The van der Waals surface area contributed by atoms with E-state index in [2.05, 4.69) is 15.5 Å². The van der Waals surface area contributed by atoms with Crippen molar-refractivity contribution < 1.29 is 4.79 Å². The normalized spacial score (nSPS) is 10.6. The van der Waals surface area contributed by atoms with Crippen LogP contribution in [0.2, 0.25) is 5.02 Å². The summed E-state index contributed by atoms with van der Waals surface area (Å²) < 4.78 is 0.793. The zero-order chi connectivity index (χ0) is 15.4. The van der Waals surface area contributed by atoms with E-state index in [4.69, 9.17) is 11.6 Å². The van der Waals surface area contributed by atoms with E-state index in [-0.39, 0.29) is 5.91 Å². The van der Waals surface area contributed by atoms with Crippen molar-refractivity contribution in [2.24, 2.45) is 0 Å². The molecule has 0 radical (unpaired) electrons. The average molecular weight is 368 g/mol. The highest BCUT2D eigenvalue weighted by Crippen LogP contribution is 2.30. The van der Waals surface area contributed by atoms with Crippen molar-refractivity contribution in [3.8, 4) is 0 Å². The molecule has 1 aromatic carbocycles. The Morgan fingerprint density at radius 3 is 2.86 bits per heavy atom. The van der Waals surface area contributed by atoms with Crippen molar-refractivity contribution in [1.29, 1.82) is 0 Å². The van der Waals surface area contributed by atoms with Gasteiger partial charge in [0.15, 0.2) is 4.34 Å². The lowest BCUT2D eigenvalue weighted by atomic mass is 10.2. The third kappa shape index (κ3) is 3.86. The number of anilines is 1. The molecular weight excluding hydrogens is 358 g/mol. The summed E-state index contributed by atoms with van der Waals surface area (Å²) in [5, 5.41) is 13.9. The van der Waals surface area contributed by atoms with Gasteiger partial charge in [-0.05, 0) is 23.1 Å². The van der Waals surface area contributed by atoms with Crippen LogP contribution in [0.15, 0.2) is 46.1 Å². The van der Waals surface area contributed by atoms with Crippen LogP contribution in [0, 0.1) is 0 Å². The monoisotopic (exact) mass is 367 g/mol. The Bertz CT molecular complexity index is 773. The lowest BCUT2D eigenvalue weighted by Gasteiger charge is -2.00. The number of hydrogen-bond acceptors (Lipinski definition) is 6. The highest BCUT2D eigenvalue weighted by molar-refractivity contribution is 8.00. The van der Waals surface area contributed by atoms with Crippen LogP contribution in [0.1, 0.15) is 15.2 Å². The molecule has 1 amide bonds. The molecule has 0 aliphatic carbocycles. The van der Waals surface area contributed by atoms with Crippen molar-refractivity contribution in [2.75, 3.05) is 5.32 Å². The number of hydrogen-bond donors (Lipinski definition) is 1. The molecular formula is C14H10ClN3OS3. The van der Waals surface area contributed by atoms with Gasteiger partial charge in [-0.3, -0.25) is 10.1 Å². The lowest BCUT2D eigenvalue weighted by Crippen LogP contribution is -2.09. The van der Waals surface area contributed by atoms with Crippen molar-refractivity contribution in [3.63, 3.8) is 0 Å². The van der Waals surface area contributed by atoms with Crippen LogP contribution < -0.4 is 5.32 Å². The van der Waals surface area contributed by atoms with Crippen LogP contribution in [0.3, 0.4) is 0 Å². The molecule has 0 spiro atoms. The minimum absolute atomic E-state index is 0.159. The van der Waals surface area contributed by atoms with Gasteiger partial charge in [0.05, 0.1) is 4.88 Å². The molecule has 0 aliphatic rings. The largest absolute Gasteiger partial charge is 0.296 e. The number of carbonyl (C=O) groups is 1. The van der Waals surface area contributed by atoms with Crippen LogP contribution in [0.4, 0.5) is 5.13 Å². The van der Waals surface area contributed by atoms with Gasteiger partial charge in [-0.1, -0.05) is 59.0 Å². The molecule has 0 unspecified atom stereocenters. The zero-order valence-electron chi connectivity index (χ0n) is 11.2. The van der Waals surface area contributed by atoms with E-state index < -0.39 is 0 Å². The smallest absolute Gasteiger partial charge is 0.267 e. The molecule has 0 aliphatic heterocycles. The Balaban J connectivity index is 1.60. The van der Waals surface area contributed by atoms with Crippen LogP contribution >= 0.6 is 46.0 Å². The fourth-order valence-electron chi connectivity index (χ4n) is 1.64. The summed E-state index contributed by atoms with van der Waals surface area (Å²) in [6.45, 7) is 0. The first kappa shape index (κ1) is 15.5. The molecule has 112 valence electrons. The van der Waals surface area contributed by atoms with E-state index in [1.54, 1.807) is 17.8 Å². The molecule has 4 nitrogen and oxygen atoms in total. The summed E-state index contributed by atoms with van der Waals surface area (Å²) in [6.07, 6.45) is 0. The van der Waals surface area contributed by atoms with E-state index in [9.17, 15) is 4.79 Å². The summed E-state index contributed by atoms with van der Waals surface area (Å²) in [4.78, 5) is 12.6. The van der Waals surface area contributed by atoms with E-state index in [1.165, 1.54) is 22.7 Å². The molecule has 8 heteroatoms. The zero-order valence-corrected chi connectivity index (χ0v) is 14.4. The van der Waals surface area contributed by atoms with E-state index in [0.717, 1.165) is 14.9 Å². The molecule has 1 N–H and O–H groups in total. The van der Waals surface area contributed by atoms with Crippen LogP contribution in [0.25, 0.3) is 0 Å². The number of thioether (sulfide) groups is 1. The Morgan fingerprint density at radius 1 is 1.23 bits per heavy atom. The predicted molar refractivity (Wildman–Crippen MR) is 93.2 cm³/mol. The molecule has 3 rings (SSSR count). The van der Waals surface area contributed by atoms with Gasteiger partial charge in [0, 0.05) is 10.8 Å². The third-order valence-corrected chi connectivity index (χ3v) is 5.94. The molecule has 22 heavy (non-hydrogen) atoms. The second-order valence-electron chi connectivity index (χ2n) is 4.18. The number of carbonyl (C=O) groups excluding carboxylic acids is 1. The van der Waals surface area contributed by atoms with Crippen molar-refractivity contribution in [2.45, 2.75) is 10.1 Å². The van der Waals surface area contributed by atoms with Gasteiger partial charge in [0.25, 0.3) is 5.91 Å². The van der Waals surface area contributed by atoms with E-state index in [1.807, 2.05) is 35.7 Å². The number of amides is 1. The Hall–Kier alpha value is -1.41. The minimum atomic E-state index is -0.159. The average Bonchev–Trinajstić information content (AvgIpc) is 3.18. The first-order valence-corrected chi connectivity index (χ1v) is 9.33. The Kier molecular flexibility index (Phi) is 5.09. The molecule has 2 heterocycles. The second-order valence-corrected chi connectivity index (χ2v) is 7.74. The van der Waals surface area contributed by atoms with Gasteiger partial charge >= 0.3 is 0 Å². The summed E-state index contributed by atoms with van der Waals surface area (Å²) in [5.74, 6) is 0.557. The molecule has 2 aromatic heterocycles.